The van der Waals surface area contributed by atoms with Crippen molar-refractivity contribution in [2.45, 2.75) is 19.4 Å². The smallest absolute Gasteiger partial charge is 0.308 e. The Balaban J connectivity index is 2.16. The van der Waals surface area contributed by atoms with Gasteiger partial charge < -0.3 is 19.3 Å². The molecule has 1 aromatic rings. The zero-order valence-corrected chi connectivity index (χ0v) is 13.0. The van der Waals surface area contributed by atoms with Gasteiger partial charge in [0.2, 0.25) is 0 Å². The van der Waals surface area contributed by atoms with Gasteiger partial charge in [-0.25, -0.2) is 0 Å². The van der Waals surface area contributed by atoms with Gasteiger partial charge in [-0.05, 0) is 40.0 Å². The van der Waals surface area contributed by atoms with E-state index in [2.05, 4.69) is 20.7 Å². The van der Waals surface area contributed by atoms with E-state index in [1.165, 1.54) is 7.11 Å². The topological polar surface area (TPSA) is 65.0 Å². The van der Waals surface area contributed by atoms with Crippen LogP contribution in [0.1, 0.15) is 25.0 Å². The van der Waals surface area contributed by atoms with Gasteiger partial charge in [0.25, 0.3) is 0 Å². The van der Waals surface area contributed by atoms with Crippen molar-refractivity contribution in [3.8, 4) is 11.5 Å². The van der Waals surface area contributed by atoms with Crippen LogP contribution in [-0.2, 0) is 9.53 Å². The summed E-state index contributed by atoms with van der Waals surface area (Å²) in [6.45, 7) is 2.71. The largest absolute Gasteiger partial charge is 0.486 e. The third-order valence-corrected chi connectivity index (χ3v) is 3.77. The number of aliphatic hydroxyl groups is 1. The van der Waals surface area contributed by atoms with Crippen LogP contribution in [0.4, 0.5) is 0 Å². The molecule has 1 aliphatic rings. The Morgan fingerprint density at radius 2 is 2.15 bits per heavy atom. The van der Waals surface area contributed by atoms with Crippen LogP contribution in [-0.4, -0.2) is 31.4 Å². The number of hydrogen-bond donors (Lipinski definition) is 1. The van der Waals surface area contributed by atoms with Gasteiger partial charge in [-0.2, -0.15) is 0 Å². The molecule has 2 unspecified atom stereocenters. The maximum Gasteiger partial charge on any atom is 0.308 e. The number of carbonyl (C=O) groups is 1. The summed E-state index contributed by atoms with van der Waals surface area (Å²) in [7, 11) is 1.34. The number of ether oxygens (including phenoxy) is 3. The first-order chi connectivity index (χ1) is 9.52. The van der Waals surface area contributed by atoms with E-state index in [0.717, 1.165) is 4.47 Å². The minimum atomic E-state index is -0.767. The molecule has 1 aromatic carbocycles. The van der Waals surface area contributed by atoms with Crippen molar-refractivity contribution in [2.24, 2.45) is 5.92 Å². The van der Waals surface area contributed by atoms with Gasteiger partial charge >= 0.3 is 5.97 Å². The van der Waals surface area contributed by atoms with Crippen LogP contribution in [0.25, 0.3) is 0 Å². The summed E-state index contributed by atoms with van der Waals surface area (Å²) in [6.07, 6.45) is -0.477. The van der Waals surface area contributed by atoms with Crippen LogP contribution in [0.2, 0.25) is 0 Å². The molecule has 0 fully saturated rings. The second kappa shape index (κ2) is 6.45. The summed E-state index contributed by atoms with van der Waals surface area (Å²) in [5.41, 5.74) is 0.678. The summed E-state index contributed by atoms with van der Waals surface area (Å²) >= 11 is 3.40. The van der Waals surface area contributed by atoms with E-state index in [9.17, 15) is 9.90 Å². The van der Waals surface area contributed by atoms with E-state index in [1.54, 1.807) is 19.1 Å². The van der Waals surface area contributed by atoms with Crippen molar-refractivity contribution in [2.75, 3.05) is 20.3 Å². The first-order valence-electron chi connectivity index (χ1n) is 6.38. The number of esters is 1. The van der Waals surface area contributed by atoms with Gasteiger partial charge in [-0.3, -0.25) is 4.79 Å². The van der Waals surface area contributed by atoms with E-state index in [0.29, 0.717) is 36.7 Å². The number of hydrogen-bond acceptors (Lipinski definition) is 5. The Morgan fingerprint density at radius 1 is 1.45 bits per heavy atom. The first kappa shape index (κ1) is 15.1. The quantitative estimate of drug-likeness (QED) is 0.850. The van der Waals surface area contributed by atoms with Crippen LogP contribution in [0, 0.1) is 5.92 Å². The van der Waals surface area contributed by atoms with Crippen LogP contribution in [0.5, 0.6) is 11.5 Å². The molecular formula is C14H17BrO5. The van der Waals surface area contributed by atoms with Gasteiger partial charge in [0, 0.05) is 0 Å². The zero-order chi connectivity index (χ0) is 14.7. The highest BCUT2D eigenvalue weighted by Crippen LogP contribution is 2.40. The van der Waals surface area contributed by atoms with E-state index in [-0.39, 0.29) is 11.9 Å². The molecule has 2 rings (SSSR count). The molecule has 2 atom stereocenters. The summed E-state index contributed by atoms with van der Waals surface area (Å²) < 4.78 is 16.4. The molecule has 110 valence electrons. The lowest BCUT2D eigenvalue weighted by atomic mass is 9.98. The molecule has 0 aromatic heterocycles. The minimum absolute atomic E-state index is 0.290. The fraction of sp³-hybridized carbons (Fsp3) is 0.500. The number of halogens is 1. The normalized spacial score (nSPS) is 16.4. The molecule has 0 saturated carbocycles. The Labute approximate surface area is 126 Å². The van der Waals surface area contributed by atoms with Crippen molar-refractivity contribution in [3.63, 3.8) is 0 Å². The fourth-order valence-corrected chi connectivity index (χ4v) is 2.67. The maximum atomic E-state index is 11.4. The second-order valence-electron chi connectivity index (χ2n) is 4.70. The average Bonchev–Trinajstić information content (AvgIpc) is 2.46. The number of methoxy groups -OCH3 is 1. The standard InChI is InChI=1S/C14H17BrO5/c1-8(14(17)18-2)5-11(16)9-6-10(15)13-12(7-9)19-3-4-20-13/h6-8,11,16H,3-5H2,1-2H3. The number of fused-ring (bicyclic) bond motifs is 1. The van der Waals surface area contributed by atoms with E-state index >= 15 is 0 Å². The number of rotatable bonds is 4. The summed E-state index contributed by atoms with van der Waals surface area (Å²) in [4.78, 5) is 11.4. The molecule has 0 bridgehead atoms. The molecule has 0 radical (unpaired) electrons. The molecule has 0 saturated heterocycles. The molecule has 1 N–H and O–H groups in total. The molecule has 1 heterocycles. The SMILES string of the molecule is COC(=O)C(C)CC(O)c1cc(Br)c2c(c1)OCCO2. The molecule has 0 spiro atoms. The van der Waals surface area contributed by atoms with E-state index in [4.69, 9.17) is 9.47 Å². The monoisotopic (exact) mass is 344 g/mol. The van der Waals surface area contributed by atoms with Gasteiger partial charge in [0.15, 0.2) is 11.5 Å². The van der Waals surface area contributed by atoms with Crippen LogP contribution in [0.3, 0.4) is 0 Å². The Morgan fingerprint density at radius 3 is 2.85 bits per heavy atom. The number of benzene rings is 1. The van der Waals surface area contributed by atoms with E-state index < -0.39 is 6.10 Å². The summed E-state index contributed by atoms with van der Waals surface area (Å²) in [5.74, 6) is 0.543. The van der Waals surface area contributed by atoms with Gasteiger partial charge in [0.05, 0.1) is 23.6 Å². The van der Waals surface area contributed by atoms with Crippen molar-refractivity contribution >= 4 is 21.9 Å². The first-order valence-corrected chi connectivity index (χ1v) is 7.17. The second-order valence-corrected chi connectivity index (χ2v) is 5.56. The Hall–Kier alpha value is -1.27. The predicted molar refractivity (Wildman–Crippen MR) is 75.9 cm³/mol. The molecule has 1 aliphatic heterocycles. The van der Waals surface area contributed by atoms with Crippen molar-refractivity contribution in [1.29, 1.82) is 0 Å². The average molecular weight is 345 g/mol. The van der Waals surface area contributed by atoms with Gasteiger partial charge in [0.1, 0.15) is 13.2 Å². The number of carbonyl (C=O) groups excluding carboxylic acids is 1. The lowest BCUT2D eigenvalue weighted by molar-refractivity contribution is -0.145. The Bertz CT molecular complexity index is 503. The van der Waals surface area contributed by atoms with Crippen LogP contribution < -0.4 is 9.47 Å². The molecule has 0 aliphatic carbocycles. The molecule has 0 amide bonds. The third-order valence-electron chi connectivity index (χ3n) is 3.18. The summed E-state index contributed by atoms with van der Waals surface area (Å²) in [6, 6.07) is 3.52. The van der Waals surface area contributed by atoms with Crippen molar-refractivity contribution in [1.82, 2.24) is 0 Å². The van der Waals surface area contributed by atoms with Gasteiger partial charge in [-0.15, -0.1) is 0 Å². The lowest BCUT2D eigenvalue weighted by Crippen LogP contribution is -2.18. The predicted octanol–water partition coefficient (Wildman–Crippen LogP) is 2.45. The van der Waals surface area contributed by atoms with Crippen LogP contribution >= 0.6 is 15.9 Å². The lowest BCUT2D eigenvalue weighted by Gasteiger charge is -2.22. The minimum Gasteiger partial charge on any atom is -0.486 e. The third kappa shape index (κ3) is 3.24. The highest BCUT2D eigenvalue weighted by molar-refractivity contribution is 9.10. The van der Waals surface area contributed by atoms with Crippen molar-refractivity contribution < 1.29 is 24.1 Å². The molecule has 5 nitrogen and oxygen atoms in total. The fourth-order valence-electron chi connectivity index (χ4n) is 2.09. The van der Waals surface area contributed by atoms with Gasteiger partial charge in [-0.1, -0.05) is 6.92 Å². The number of aliphatic hydroxyl groups excluding tert-OH is 1. The molecule has 20 heavy (non-hydrogen) atoms. The Kier molecular flexibility index (Phi) is 4.88. The van der Waals surface area contributed by atoms with Crippen LogP contribution in [0.15, 0.2) is 16.6 Å². The molecular weight excluding hydrogens is 328 g/mol. The maximum absolute atomic E-state index is 11.4. The van der Waals surface area contributed by atoms with E-state index in [1.807, 2.05) is 0 Å². The highest BCUT2D eigenvalue weighted by Gasteiger charge is 2.22. The summed E-state index contributed by atoms with van der Waals surface area (Å²) in [5, 5.41) is 10.2. The van der Waals surface area contributed by atoms with Crippen molar-refractivity contribution in [3.05, 3.63) is 22.2 Å². The zero-order valence-electron chi connectivity index (χ0n) is 11.4. The highest BCUT2D eigenvalue weighted by atomic mass is 79.9. The molecule has 6 heteroatoms.